The van der Waals surface area contributed by atoms with Crippen LogP contribution >= 0.6 is 11.8 Å². The summed E-state index contributed by atoms with van der Waals surface area (Å²) in [6.07, 6.45) is 3.87. The SMILES string of the molecule is CCCC1C(=O)NC(=O)N(C(CC)CSC)C1=O. The third-order valence-corrected chi connectivity index (χ3v) is 3.79. The van der Waals surface area contributed by atoms with E-state index in [0.717, 1.165) is 6.42 Å². The molecular formula is C12H20N2O3S. The van der Waals surface area contributed by atoms with Gasteiger partial charge in [0.15, 0.2) is 0 Å². The zero-order chi connectivity index (χ0) is 13.7. The number of nitrogens with one attached hydrogen (secondary N) is 1. The van der Waals surface area contributed by atoms with Gasteiger partial charge in [0, 0.05) is 5.75 Å². The average molecular weight is 272 g/mol. The highest BCUT2D eigenvalue weighted by Crippen LogP contribution is 2.20. The summed E-state index contributed by atoms with van der Waals surface area (Å²) in [5.41, 5.74) is 0. The highest BCUT2D eigenvalue weighted by atomic mass is 32.2. The quantitative estimate of drug-likeness (QED) is 0.746. The van der Waals surface area contributed by atoms with E-state index >= 15 is 0 Å². The minimum absolute atomic E-state index is 0.139. The Bertz CT molecular complexity index is 346. The van der Waals surface area contributed by atoms with Gasteiger partial charge in [0.2, 0.25) is 11.8 Å². The summed E-state index contributed by atoms with van der Waals surface area (Å²) in [6, 6.07) is -0.710. The second kappa shape index (κ2) is 6.78. The molecule has 0 aliphatic carbocycles. The van der Waals surface area contributed by atoms with Crippen molar-refractivity contribution in [3.8, 4) is 0 Å². The van der Waals surface area contributed by atoms with Gasteiger partial charge in [-0.3, -0.25) is 19.8 Å². The molecule has 0 bridgehead atoms. The van der Waals surface area contributed by atoms with Crippen LogP contribution in [0.2, 0.25) is 0 Å². The topological polar surface area (TPSA) is 66.5 Å². The lowest BCUT2D eigenvalue weighted by atomic mass is 9.98. The van der Waals surface area contributed by atoms with Gasteiger partial charge in [0.25, 0.3) is 0 Å². The minimum Gasteiger partial charge on any atom is -0.277 e. The van der Waals surface area contributed by atoms with Gasteiger partial charge >= 0.3 is 6.03 Å². The van der Waals surface area contributed by atoms with Gasteiger partial charge < -0.3 is 0 Å². The minimum atomic E-state index is -0.705. The summed E-state index contributed by atoms with van der Waals surface area (Å²) < 4.78 is 0. The average Bonchev–Trinajstić information content (AvgIpc) is 2.33. The number of thioether (sulfide) groups is 1. The Balaban J connectivity index is 2.91. The molecule has 0 aromatic heterocycles. The normalized spacial score (nSPS) is 22.1. The second-order valence-electron chi connectivity index (χ2n) is 4.36. The lowest BCUT2D eigenvalue weighted by Gasteiger charge is -2.35. The molecule has 5 nitrogen and oxygen atoms in total. The van der Waals surface area contributed by atoms with E-state index in [0.29, 0.717) is 18.6 Å². The number of nitrogens with zero attached hydrogens (tertiary/aromatic N) is 1. The lowest BCUT2D eigenvalue weighted by molar-refractivity contribution is -0.144. The van der Waals surface area contributed by atoms with Gasteiger partial charge in [-0.05, 0) is 19.1 Å². The Labute approximate surface area is 112 Å². The Morgan fingerprint density at radius 3 is 2.50 bits per heavy atom. The summed E-state index contributed by atoms with van der Waals surface area (Å²) in [4.78, 5) is 36.9. The zero-order valence-corrected chi connectivity index (χ0v) is 11.9. The van der Waals surface area contributed by atoms with Crippen molar-refractivity contribution >= 4 is 29.6 Å². The van der Waals surface area contributed by atoms with Crippen LogP contribution in [0.4, 0.5) is 4.79 Å². The van der Waals surface area contributed by atoms with Crippen molar-refractivity contribution in [2.24, 2.45) is 5.92 Å². The third-order valence-electron chi connectivity index (χ3n) is 3.07. The molecule has 1 heterocycles. The summed E-state index contributed by atoms with van der Waals surface area (Å²) in [5.74, 6) is -0.805. The van der Waals surface area contributed by atoms with E-state index in [1.165, 1.54) is 4.90 Å². The molecule has 1 aliphatic rings. The maximum absolute atomic E-state index is 12.2. The van der Waals surface area contributed by atoms with Crippen LogP contribution in [0.5, 0.6) is 0 Å². The number of urea groups is 1. The predicted octanol–water partition coefficient (Wildman–Crippen LogP) is 1.62. The van der Waals surface area contributed by atoms with E-state index in [9.17, 15) is 14.4 Å². The van der Waals surface area contributed by atoms with Crippen molar-refractivity contribution < 1.29 is 14.4 Å². The summed E-state index contributed by atoms with van der Waals surface area (Å²) in [7, 11) is 0. The number of rotatable bonds is 6. The molecule has 0 radical (unpaired) electrons. The lowest BCUT2D eigenvalue weighted by Crippen LogP contribution is -2.61. The fourth-order valence-electron chi connectivity index (χ4n) is 2.09. The first-order valence-electron chi connectivity index (χ1n) is 6.23. The molecule has 1 rings (SSSR count). The summed E-state index contributed by atoms with van der Waals surface area (Å²) in [5, 5.41) is 2.29. The molecule has 0 aromatic rings. The van der Waals surface area contributed by atoms with Gasteiger partial charge in [-0.15, -0.1) is 0 Å². The van der Waals surface area contributed by atoms with E-state index in [1.807, 2.05) is 20.1 Å². The number of imide groups is 2. The smallest absolute Gasteiger partial charge is 0.277 e. The maximum Gasteiger partial charge on any atom is 0.331 e. The molecule has 102 valence electrons. The van der Waals surface area contributed by atoms with Crippen LogP contribution < -0.4 is 5.32 Å². The second-order valence-corrected chi connectivity index (χ2v) is 5.27. The molecule has 1 fully saturated rings. The Morgan fingerprint density at radius 2 is 2.00 bits per heavy atom. The van der Waals surface area contributed by atoms with Crippen molar-refractivity contribution in [1.29, 1.82) is 0 Å². The highest BCUT2D eigenvalue weighted by Gasteiger charge is 2.42. The van der Waals surface area contributed by atoms with Crippen LogP contribution in [-0.2, 0) is 9.59 Å². The van der Waals surface area contributed by atoms with Crippen molar-refractivity contribution in [2.45, 2.75) is 39.2 Å². The monoisotopic (exact) mass is 272 g/mol. The molecule has 6 heteroatoms. The first-order chi connectivity index (χ1) is 8.56. The van der Waals surface area contributed by atoms with E-state index in [1.54, 1.807) is 11.8 Å². The van der Waals surface area contributed by atoms with Crippen LogP contribution in [0, 0.1) is 5.92 Å². The standard InChI is InChI=1S/C12H20N2O3S/c1-4-6-9-10(15)13-12(17)14(11(9)16)8(5-2)7-18-3/h8-9H,4-7H2,1-3H3,(H,13,15,17). The van der Waals surface area contributed by atoms with Crippen LogP contribution in [0.3, 0.4) is 0 Å². The zero-order valence-electron chi connectivity index (χ0n) is 11.1. The first kappa shape index (κ1) is 15.0. The predicted molar refractivity (Wildman–Crippen MR) is 71.2 cm³/mol. The van der Waals surface area contributed by atoms with E-state index in [-0.39, 0.29) is 11.9 Å². The number of barbiturate groups is 1. The summed E-state index contributed by atoms with van der Waals surface area (Å²) >= 11 is 1.59. The van der Waals surface area contributed by atoms with Crippen LogP contribution in [0.1, 0.15) is 33.1 Å². The van der Waals surface area contributed by atoms with E-state index in [4.69, 9.17) is 0 Å². The largest absolute Gasteiger partial charge is 0.331 e. The molecule has 2 atom stereocenters. The highest BCUT2D eigenvalue weighted by molar-refractivity contribution is 7.98. The molecule has 18 heavy (non-hydrogen) atoms. The fraction of sp³-hybridized carbons (Fsp3) is 0.750. The molecule has 4 amide bonds. The summed E-state index contributed by atoms with van der Waals surface area (Å²) in [6.45, 7) is 3.85. The van der Waals surface area contributed by atoms with Gasteiger partial charge in [-0.25, -0.2) is 4.79 Å². The Hall–Kier alpha value is -1.04. The molecule has 1 aliphatic heterocycles. The number of hydrogen-bond donors (Lipinski definition) is 1. The van der Waals surface area contributed by atoms with E-state index in [2.05, 4.69) is 5.32 Å². The first-order valence-corrected chi connectivity index (χ1v) is 7.62. The number of carbonyl (C=O) groups excluding carboxylic acids is 3. The molecule has 2 unspecified atom stereocenters. The molecule has 0 saturated carbocycles. The van der Waals surface area contributed by atoms with Crippen molar-refractivity contribution in [3.63, 3.8) is 0 Å². The van der Waals surface area contributed by atoms with Gasteiger partial charge in [-0.2, -0.15) is 11.8 Å². The molecule has 0 spiro atoms. The van der Waals surface area contributed by atoms with Crippen LogP contribution in [0.15, 0.2) is 0 Å². The number of carbonyl (C=O) groups is 3. The van der Waals surface area contributed by atoms with Crippen molar-refractivity contribution in [2.75, 3.05) is 12.0 Å². The number of hydrogen-bond acceptors (Lipinski definition) is 4. The van der Waals surface area contributed by atoms with Gasteiger partial charge in [0.05, 0.1) is 6.04 Å². The maximum atomic E-state index is 12.2. The van der Waals surface area contributed by atoms with Crippen LogP contribution in [0.25, 0.3) is 0 Å². The Kier molecular flexibility index (Phi) is 5.65. The van der Waals surface area contributed by atoms with Gasteiger partial charge in [-0.1, -0.05) is 20.3 Å². The van der Waals surface area contributed by atoms with Crippen molar-refractivity contribution in [1.82, 2.24) is 10.2 Å². The number of amides is 4. The molecule has 1 saturated heterocycles. The van der Waals surface area contributed by atoms with Crippen LogP contribution in [-0.4, -0.2) is 40.8 Å². The van der Waals surface area contributed by atoms with E-state index < -0.39 is 17.9 Å². The van der Waals surface area contributed by atoms with Gasteiger partial charge in [0.1, 0.15) is 5.92 Å². The fourth-order valence-corrected chi connectivity index (χ4v) is 2.86. The van der Waals surface area contributed by atoms with Crippen molar-refractivity contribution in [3.05, 3.63) is 0 Å². The molecular weight excluding hydrogens is 252 g/mol. The Morgan fingerprint density at radius 1 is 1.33 bits per heavy atom. The molecule has 1 N–H and O–H groups in total. The molecule has 0 aromatic carbocycles. The third kappa shape index (κ3) is 3.04.